The molecule has 0 saturated carbocycles. The fourth-order valence-electron chi connectivity index (χ4n) is 4.50. The molecule has 1 heterocycles. The fraction of sp³-hybridized carbons (Fsp3) is 0.345. The first-order chi connectivity index (χ1) is 18.5. The van der Waals surface area contributed by atoms with E-state index in [9.17, 15) is 24.6 Å². The van der Waals surface area contributed by atoms with Gasteiger partial charge in [0.05, 0.1) is 10.0 Å². The molecule has 0 aliphatic heterocycles. The molecule has 0 aliphatic carbocycles. The first-order valence-corrected chi connectivity index (χ1v) is 14.3. The van der Waals surface area contributed by atoms with E-state index >= 15 is 0 Å². The maximum absolute atomic E-state index is 14.1. The number of H-pyrrole nitrogens is 1. The minimum Gasteiger partial charge on any atom is -0.506 e. The molecule has 8 nitrogen and oxygen atoms in total. The van der Waals surface area contributed by atoms with Crippen LogP contribution >= 0.6 is 31.9 Å². The highest BCUT2D eigenvalue weighted by Gasteiger charge is 2.36. The molecule has 0 bridgehead atoms. The first-order valence-electron chi connectivity index (χ1n) is 12.7. The van der Waals surface area contributed by atoms with Gasteiger partial charge >= 0.3 is 5.97 Å². The Balaban J connectivity index is 2.05. The van der Waals surface area contributed by atoms with Crippen LogP contribution in [-0.2, 0) is 16.0 Å². The highest BCUT2D eigenvalue weighted by atomic mass is 79.9. The minimum atomic E-state index is -1.18. The van der Waals surface area contributed by atoms with Gasteiger partial charge in [-0.05, 0) is 64.4 Å². The van der Waals surface area contributed by atoms with E-state index in [1.165, 1.54) is 11.0 Å². The Morgan fingerprint density at radius 2 is 1.85 bits per heavy atom. The number of allylic oxidation sites excluding steroid dienone is 2. The number of aromatic hydroxyl groups is 1. The number of aromatic amines is 1. The number of para-hydroxylation sites is 1. The van der Waals surface area contributed by atoms with Crippen LogP contribution in [0, 0.1) is 11.8 Å². The van der Waals surface area contributed by atoms with E-state index in [4.69, 9.17) is 0 Å². The van der Waals surface area contributed by atoms with Crippen molar-refractivity contribution in [2.24, 2.45) is 11.8 Å². The molecule has 0 saturated heterocycles. The summed E-state index contributed by atoms with van der Waals surface area (Å²) in [7, 11) is 0. The molecule has 2 atom stereocenters. The van der Waals surface area contributed by atoms with Crippen molar-refractivity contribution >= 4 is 60.5 Å². The van der Waals surface area contributed by atoms with Crippen LogP contribution in [0.15, 0.2) is 63.7 Å². The largest absolute Gasteiger partial charge is 0.506 e. The average molecular weight is 663 g/mol. The molecular weight excluding hydrogens is 630 g/mol. The number of nitrogens with zero attached hydrogens (tertiary/aromatic N) is 1. The molecule has 4 N–H and O–H groups in total. The van der Waals surface area contributed by atoms with Gasteiger partial charge in [0.1, 0.15) is 18.3 Å². The molecule has 0 spiro atoms. The topological polar surface area (TPSA) is 123 Å². The summed E-state index contributed by atoms with van der Waals surface area (Å²) in [6.45, 7) is 5.54. The summed E-state index contributed by atoms with van der Waals surface area (Å²) in [5.41, 5.74) is 1.96. The van der Waals surface area contributed by atoms with E-state index in [2.05, 4.69) is 42.2 Å². The number of phenolic OH excluding ortho intramolecular Hbond substituents is 1. The minimum absolute atomic E-state index is 0.0242. The maximum Gasteiger partial charge on any atom is 0.322 e. The summed E-state index contributed by atoms with van der Waals surface area (Å²) in [5.74, 6) is -2.56. The number of benzene rings is 2. The number of carbonyl (C=O) groups excluding carboxylic acids is 2. The van der Waals surface area contributed by atoms with Crippen LogP contribution in [0.5, 0.6) is 5.75 Å². The number of halogens is 2. The van der Waals surface area contributed by atoms with E-state index in [0.29, 0.717) is 27.7 Å². The molecule has 39 heavy (non-hydrogen) atoms. The van der Waals surface area contributed by atoms with Gasteiger partial charge in [-0.25, -0.2) is 0 Å². The first kappa shape index (κ1) is 30.4. The summed E-state index contributed by atoms with van der Waals surface area (Å²) in [4.78, 5) is 43.5. The zero-order chi connectivity index (χ0) is 28.7. The maximum atomic E-state index is 14.1. The normalized spacial score (nSPS) is 13.1. The van der Waals surface area contributed by atoms with Crippen LogP contribution in [0.25, 0.3) is 10.9 Å². The lowest BCUT2D eigenvalue weighted by Gasteiger charge is -2.35. The molecule has 0 fully saturated rings. The van der Waals surface area contributed by atoms with E-state index in [0.717, 1.165) is 16.5 Å². The third-order valence-electron chi connectivity index (χ3n) is 6.40. The Labute approximate surface area is 244 Å². The predicted molar refractivity (Wildman–Crippen MR) is 159 cm³/mol. The van der Waals surface area contributed by atoms with Gasteiger partial charge in [0.25, 0.3) is 5.91 Å². The summed E-state index contributed by atoms with van der Waals surface area (Å²) < 4.78 is 0.906. The summed E-state index contributed by atoms with van der Waals surface area (Å²) in [6.07, 6.45) is 6.81. The van der Waals surface area contributed by atoms with Gasteiger partial charge in [-0.3, -0.25) is 14.4 Å². The van der Waals surface area contributed by atoms with Crippen LogP contribution in [0.3, 0.4) is 0 Å². The predicted octanol–water partition coefficient (Wildman–Crippen LogP) is 5.89. The number of nitrogens with one attached hydrogen (secondary N) is 2. The molecule has 10 heteroatoms. The van der Waals surface area contributed by atoms with Crippen molar-refractivity contribution in [2.45, 2.75) is 39.7 Å². The van der Waals surface area contributed by atoms with E-state index in [1.54, 1.807) is 6.07 Å². The molecule has 3 rings (SSSR count). The van der Waals surface area contributed by atoms with Gasteiger partial charge in [-0.1, -0.05) is 67.1 Å². The lowest BCUT2D eigenvalue weighted by Crippen LogP contribution is -2.54. The molecule has 2 unspecified atom stereocenters. The molecule has 0 aliphatic rings. The number of carbonyl (C=O) groups is 3. The SMILES string of the molecule is CC(C)/C=C\CC(C)C(C(=O)NCC(=O)O)N(CCc1c[nH]c2ccccc12)C(=O)c1cc(Br)cc(Br)c1O. The van der Waals surface area contributed by atoms with Crippen molar-refractivity contribution in [1.29, 1.82) is 0 Å². The molecule has 0 radical (unpaired) electrons. The number of aromatic nitrogens is 1. The zero-order valence-corrected chi connectivity index (χ0v) is 25.3. The van der Waals surface area contributed by atoms with Gasteiger partial charge in [0.2, 0.25) is 5.91 Å². The number of aliphatic carboxylic acids is 1. The number of fused-ring (bicyclic) bond motifs is 1. The Morgan fingerprint density at radius 3 is 2.54 bits per heavy atom. The second kappa shape index (κ2) is 13.8. The smallest absolute Gasteiger partial charge is 0.322 e. The number of amides is 2. The summed E-state index contributed by atoms with van der Waals surface area (Å²) in [5, 5.41) is 23.4. The number of phenols is 1. The monoisotopic (exact) mass is 661 g/mol. The Hall–Kier alpha value is -3.11. The lowest BCUT2D eigenvalue weighted by molar-refractivity contribution is -0.139. The van der Waals surface area contributed by atoms with Gasteiger partial charge in [-0.15, -0.1) is 0 Å². The van der Waals surface area contributed by atoms with Crippen LogP contribution < -0.4 is 5.32 Å². The van der Waals surface area contributed by atoms with Crippen molar-refractivity contribution in [1.82, 2.24) is 15.2 Å². The molecule has 1 aromatic heterocycles. The number of rotatable bonds is 12. The fourth-order valence-corrected chi connectivity index (χ4v) is 5.72. The number of carboxylic acid groups (broad SMARTS) is 1. The molecule has 2 aromatic carbocycles. The summed E-state index contributed by atoms with van der Waals surface area (Å²) >= 11 is 6.66. The van der Waals surface area contributed by atoms with Crippen molar-refractivity contribution in [3.05, 3.63) is 74.8 Å². The van der Waals surface area contributed by atoms with Crippen molar-refractivity contribution < 1.29 is 24.6 Å². The third-order valence-corrected chi connectivity index (χ3v) is 7.46. The van der Waals surface area contributed by atoms with Crippen LogP contribution in [0.4, 0.5) is 0 Å². The van der Waals surface area contributed by atoms with Crippen molar-refractivity contribution in [3.8, 4) is 5.75 Å². The van der Waals surface area contributed by atoms with Gasteiger partial charge in [-0.2, -0.15) is 0 Å². The zero-order valence-electron chi connectivity index (χ0n) is 22.1. The van der Waals surface area contributed by atoms with E-state index in [1.807, 2.05) is 63.4 Å². The van der Waals surface area contributed by atoms with Gasteiger partial charge in [0.15, 0.2) is 0 Å². The molecule has 3 aromatic rings. The van der Waals surface area contributed by atoms with Crippen LogP contribution in [0.2, 0.25) is 0 Å². The molecule has 208 valence electrons. The Morgan fingerprint density at radius 1 is 1.13 bits per heavy atom. The van der Waals surface area contributed by atoms with Crippen molar-refractivity contribution in [3.63, 3.8) is 0 Å². The van der Waals surface area contributed by atoms with Crippen molar-refractivity contribution in [2.75, 3.05) is 13.1 Å². The average Bonchev–Trinajstić information content (AvgIpc) is 3.29. The quantitative estimate of drug-likeness (QED) is 0.180. The third kappa shape index (κ3) is 7.95. The van der Waals surface area contributed by atoms with Crippen LogP contribution in [-0.4, -0.2) is 57.0 Å². The number of hydrogen-bond donors (Lipinski definition) is 4. The van der Waals surface area contributed by atoms with E-state index < -0.39 is 30.4 Å². The molecule has 2 amide bonds. The Kier molecular flexibility index (Phi) is 10.8. The number of hydrogen-bond acceptors (Lipinski definition) is 4. The highest BCUT2D eigenvalue weighted by Crippen LogP contribution is 2.33. The van der Waals surface area contributed by atoms with Gasteiger partial charge in [0, 0.05) is 28.1 Å². The second-order valence-corrected chi connectivity index (χ2v) is 11.6. The van der Waals surface area contributed by atoms with Crippen LogP contribution in [0.1, 0.15) is 43.1 Å². The van der Waals surface area contributed by atoms with E-state index in [-0.39, 0.29) is 23.8 Å². The second-order valence-electron chi connectivity index (χ2n) is 9.83. The molecular formula is C29H33Br2N3O5. The summed E-state index contributed by atoms with van der Waals surface area (Å²) in [6, 6.07) is 9.96. The Bertz CT molecular complexity index is 1370. The standard InChI is InChI=1S/C29H33Br2N3O5/c1-17(2)7-6-8-18(3)26(28(38)33-16-25(35)36)34(29(39)22-13-20(30)14-23(31)27(22)37)12-11-19-15-32-24-10-5-4-9-21(19)24/h4-7,9-10,13-15,17-18,26,32,37H,8,11-12,16H2,1-3H3,(H,33,38)(H,35,36)/b7-6-. The number of carboxylic acids is 1. The highest BCUT2D eigenvalue weighted by molar-refractivity contribution is 9.11. The van der Waals surface area contributed by atoms with Gasteiger partial charge < -0.3 is 25.4 Å². The lowest BCUT2D eigenvalue weighted by atomic mass is 9.93.